The zero-order valence-corrected chi connectivity index (χ0v) is 14.0. The summed E-state index contributed by atoms with van der Waals surface area (Å²) in [5.74, 6) is -2.66. The Labute approximate surface area is 153 Å². The summed E-state index contributed by atoms with van der Waals surface area (Å²) in [4.78, 5) is 25.0. The number of hydrogen-bond acceptors (Lipinski definition) is 7. The molecule has 0 aromatic heterocycles. The minimum absolute atomic E-state index is 0.0144. The van der Waals surface area contributed by atoms with Gasteiger partial charge >= 0.3 is 0 Å². The normalized spacial score (nSPS) is 30.7. The Kier molecular flexibility index (Phi) is 3.01. The molecule has 2 aromatic carbocycles. The van der Waals surface area contributed by atoms with E-state index in [2.05, 4.69) is 0 Å². The third kappa shape index (κ3) is 1.76. The molecule has 0 saturated carbocycles. The Morgan fingerprint density at radius 3 is 2.15 bits per heavy atom. The molecule has 3 aliphatic rings. The molecule has 5 N–H and O–H groups in total. The van der Waals surface area contributed by atoms with Crippen molar-refractivity contribution >= 4 is 11.6 Å². The van der Waals surface area contributed by atoms with Crippen LogP contribution >= 0.6 is 0 Å². The SMILES string of the molecule is O=C1C[C@H](O)[C@@H]2c3c(ccc(O)c31)-c1ccc(O)c3c1[C@@]2(O)[C@H](O)CC3=O. The number of carbonyl (C=O) groups excluding carboxylic acids is 2. The van der Waals surface area contributed by atoms with Gasteiger partial charge in [-0.25, -0.2) is 0 Å². The van der Waals surface area contributed by atoms with Crippen molar-refractivity contribution < 1.29 is 35.1 Å². The molecule has 0 spiro atoms. The zero-order valence-electron chi connectivity index (χ0n) is 14.0. The van der Waals surface area contributed by atoms with Crippen molar-refractivity contribution in [1.82, 2.24) is 0 Å². The summed E-state index contributed by atoms with van der Waals surface area (Å²) in [6.07, 6.45) is -3.61. The average molecular weight is 368 g/mol. The Morgan fingerprint density at radius 2 is 1.44 bits per heavy atom. The Hall–Kier alpha value is -2.74. The molecule has 0 unspecified atom stereocenters. The van der Waals surface area contributed by atoms with E-state index in [9.17, 15) is 35.1 Å². The van der Waals surface area contributed by atoms with Crippen LogP contribution in [0.5, 0.6) is 11.5 Å². The number of fused-ring (bicyclic) bond motifs is 2. The lowest BCUT2D eigenvalue weighted by molar-refractivity contribution is -0.127. The van der Waals surface area contributed by atoms with Crippen LogP contribution in [0.1, 0.15) is 50.6 Å². The van der Waals surface area contributed by atoms with Crippen molar-refractivity contribution in [3.63, 3.8) is 0 Å². The summed E-state index contributed by atoms with van der Waals surface area (Å²) < 4.78 is 0. The van der Waals surface area contributed by atoms with Crippen LogP contribution in [-0.4, -0.2) is 49.3 Å². The van der Waals surface area contributed by atoms with E-state index in [4.69, 9.17) is 0 Å². The first-order chi connectivity index (χ1) is 12.8. The fourth-order valence-electron chi connectivity index (χ4n) is 5.05. The van der Waals surface area contributed by atoms with Gasteiger partial charge in [-0.05, 0) is 28.8 Å². The van der Waals surface area contributed by atoms with Gasteiger partial charge in [0, 0.05) is 24.3 Å². The van der Waals surface area contributed by atoms with Crippen molar-refractivity contribution in [2.24, 2.45) is 0 Å². The minimum atomic E-state index is -2.08. The highest BCUT2D eigenvalue weighted by Gasteiger charge is 2.60. The summed E-state index contributed by atoms with van der Waals surface area (Å²) >= 11 is 0. The molecule has 7 heteroatoms. The quantitative estimate of drug-likeness (QED) is 0.467. The van der Waals surface area contributed by atoms with E-state index < -0.39 is 41.7 Å². The summed E-state index contributed by atoms with van der Waals surface area (Å²) in [6.45, 7) is 0. The monoisotopic (exact) mass is 368 g/mol. The fourth-order valence-corrected chi connectivity index (χ4v) is 5.05. The van der Waals surface area contributed by atoms with Crippen LogP contribution in [0.4, 0.5) is 0 Å². The van der Waals surface area contributed by atoms with Gasteiger partial charge in [0.05, 0.1) is 23.3 Å². The first kappa shape index (κ1) is 16.4. The standard InChI is InChI=1S/C20H16O7/c21-9-3-1-7-8-2-4-10(22)17-12(24)6-14(26)20(27,18(8)17)19-13(25)5-11(23)16(9)15(7)19/h1-4,13-14,19,21-22,25-27H,5-6H2/t13-,14+,19+,20-/m0/s1. The highest BCUT2D eigenvalue weighted by atomic mass is 16.3. The summed E-state index contributed by atoms with van der Waals surface area (Å²) in [5.41, 5.74) is -0.958. The summed E-state index contributed by atoms with van der Waals surface area (Å²) in [5, 5.41) is 53.5. The van der Waals surface area contributed by atoms with E-state index in [1.54, 1.807) is 6.07 Å². The maximum atomic E-state index is 12.5. The van der Waals surface area contributed by atoms with Gasteiger partial charge in [-0.2, -0.15) is 0 Å². The second-order valence-corrected chi connectivity index (χ2v) is 7.44. The van der Waals surface area contributed by atoms with Gasteiger partial charge < -0.3 is 25.5 Å². The minimum Gasteiger partial charge on any atom is -0.507 e. The second kappa shape index (κ2) is 4.95. The van der Waals surface area contributed by atoms with E-state index in [1.807, 2.05) is 0 Å². The van der Waals surface area contributed by atoms with Crippen molar-refractivity contribution in [3.05, 3.63) is 46.5 Å². The van der Waals surface area contributed by atoms with E-state index in [-0.39, 0.29) is 40.2 Å². The number of ketones is 2. The molecule has 5 rings (SSSR count). The smallest absolute Gasteiger partial charge is 0.169 e. The third-order valence-corrected chi connectivity index (χ3v) is 6.11. The van der Waals surface area contributed by atoms with E-state index in [1.165, 1.54) is 18.2 Å². The Bertz CT molecular complexity index is 1060. The maximum Gasteiger partial charge on any atom is 0.169 e. The molecule has 3 aliphatic carbocycles. The maximum absolute atomic E-state index is 12.5. The molecule has 7 nitrogen and oxygen atoms in total. The van der Waals surface area contributed by atoms with Crippen LogP contribution < -0.4 is 0 Å². The molecular formula is C20H16O7. The van der Waals surface area contributed by atoms with Crippen LogP contribution in [0.3, 0.4) is 0 Å². The molecule has 27 heavy (non-hydrogen) atoms. The molecule has 2 aromatic rings. The number of hydrogen-bond donors (Lipinski definition) is 5. The molecule has 0 saturated heterocycles. The van der Waals surface area contributed by atoms with Crippen LogP contribution in [0.2, 0.25) is 0 Å². The Morgan fingerprint density at radius 1 is 0.852 bits per heavy atom. The molecule has 138 valence electrons. The lowest BCUT2D eigenvalue weighted by atomic mass is 9.57. The number of rotatable bonds is 0. The fraction of sp³-hybridized carbons (Fsp3) is 0.300. The molecule has 4 atom stereocenters. The van der Waals surface area contributed by atoms with Gasteiger partial charge in [0.25, 0.3) is 0 Å². The number of aromatic hydroxyl groups is 2. The van der Waals surface area contributed by atoms with Crippen molar-refractivity contribution in [3.8, 4) is 22.6 Å². The number of carbonyl (C=O) groups is 2. The highest BCUT2D eigenvalue weighted by molar-refractivity contribution is 6.08. The van der Waals surface area contributed by atoms with Crippen LogP contribution in [0, 0.1) is 0 Å². The van der Waals surface area contributed by atoms with Gasteiger partial charge in [0.15, 0.2) is 11.6 Å². The molecule has 0 fully saturated rings. The summed E-state index contributed by atoms with van der Waals surface area (Å²) in [6, 6.07) is 5.72. The first-order valence-corrected chi connectivity index (χ1v) is 8.64. The lowest BCUT2D eigenvalue weighted by Gasteiger charge is -2.51. The van der Waals surface area contributed by atoms with E-state index in [0.29, 0.717) is 11.1 Å². The lowest BCUT2D eigenvalue weighted by Crippen LogP contribution is -2.56. The molecule has 0 radical (unpaired) electrons. The van der Waals surface area contributed by atoms with Crippen LogP contribution in [0.15, 0.2) is 24.3 Å². The predicted molar refractivity (Wildman–Crippen MR) is 91.8 cm³/mol. The van der Waals surface area contributed by atoms with Crippen LogP contribution in [0.25, 0.3) is 11.1 Å². The molecule has 0 amide bonds. The largest absolute Gasteiger partial charge is 0.507 e. The first-order valence-electron chi connectivity index (χ1n) is 8.64. The van der Waals surface area contributed by atoms with Crippen LogP contribution in [-0.2, 0) is 5.60 Å². The van der Waals surface area contributed by atoms with E-state index >= 15 is 0 Å². The Balaban J connectivity index is 2.00. The number of phenolic OH excluding ortho intramolecular Hbond substituents is 2. The van der Waals surface area contributed by atoms with Gasteiger partial charge in [0.2, 0.25) is 0 Å². The van der Waals surface area contributed by atoms with Gasteiger partial charge in [0.1, 0.15) is 17.1 Å². The third-order valence-electron chi connectivity index (χ3n) is 6.11. The summed E-state index contributed by atoms with van der Waals surface area (Å²) in [7, 11) is 0. The van der Waals surface area contributed by atoms with Crippen molar-refractivity contribution in [2.75, 3.05) is 0 Å². The zero-order chi connectivity index (χ0) is 19.2. The predicted octanol–water partition coefficient (Wildman–Crippen LogP) is 0.944. The molecule has 0 bridgehead atoms. The molecule has 0 aliphatic heterocycles. The number of phenols is 2. The molecular weight excluding hydrogens is 352 g/mol. The molecule has 0 heterocycles. The number of aliphatic hydroxyl groups excluding tert-OH is 2. The highest BCUT2D eigenvalue weighted by Crippen LogP contribution is 2.60. The van der Waals surface area contributed by atoms with Gasteiger partial charge in [-0.1, -0.05) is 12.1 Å². The number of Topliss-reactive ketones (excluding diaryl/α,β-unsaturated/α-hetero) is 2. The number of aliphatic hydroxyl groups is 3. The second-order valence-electron chi connectivity index (χ2n) is 7.44. The van der Waals surface area contributed by atoms with Crippen molar-refractivity contribution in [1.29, 1.82) is 0 Å². The van der Waals surface area contributed by atoms with Gasteiger partial charge in [-0.3, -0.25) is 9.59 Å². The van der Waals surface area contributed by atoms with Crippen molar-refractivity contribution in [2.45, 2.75) is 36.6 Å². The van der Waals surface area contributed by atoms with Gasteiger partial charge in [-0.15, -0.1) is 0 Å². The van der Waals surface area contributed by atoms with E-state index in [0.717, 1.165) is 0 Å². The number of benzene rings is 2. The topological polar surface area (TPSA) is 135 Å². The average Bonchev–Trinajstić information content (AvgIpc) is 2.59.